The molecule has 1 unspecified atom stereocenters. The molecule has 0 aromatic carbocycles. The molecule has 3 nitrogen and oxygen atoms in total. The van der Waals surface area contributed by atoms with Crippen molar-refractivity contribution in [2.75, 3.05) is 7.05 Å². The van der Waals surface area contributed by atoms with Crippen LogP contribution in [0.25, 0.3) is 0 Å². The van der Waals surface area contributed by atoms with Gasteiger partial charge in [-0.3, -0.25) is 9.79 Å². The number of likely N-dealkylation sites (N-methyl/N-ethyl adjacent to an activating group) is 1. The highest BCUT2D eigenvalue weighted by Gasteiger charge is 2.09. The van der Waals surface area contributed by atoms with Crippen LogP contribution in [0.5, 0.6) is 0 Å². The molecule has 0 bridgehead atoms. The first-order valence-corrected chi connectivity index (χ1v) is 4.30. The Labute approximate surface area is 78.2 Å². The number of allylic oxidation sites excluding steroid dienone is 2. The van der Waals surface area contributed by atoms with E-state index in [1.165, 1.54) is 0 Å². The number of rotatable bonds is 1. The Morgan fingerprint density at radius 3 is 2.92 bits per heavy atom. The Morgan fingerprint density at radius 2 is 2.31 bits per heavy atom. The van der Waals surface area contributed by atoms with Gasteiger partial charge in [-0.1, -0.05) is 19.1 Å². The lowest BCUT2D eigenvalue weighted by atomic mass is 10.1. The van der Waals surface area contributed by atoms with Crippen LogP contribution in [-0.2, 0) is 4.79 Å². The fourth-order valence-corrected chi connectivity index (χ4v) is 1.09. The van der Waals surface area contributed by atoms with Crippen LogP contribution in [-0.4, -0.2) is 19.2 Å². The molecule has 0 aromatic rings. The second-order valence-electron chi connectivity index (χ2n) is 3.07. The van der Waals surface area contributed by atoms with E-state index in [9.17, 15) is 4.79 Å². The summed E-state index contributed by atoms with van der Waals surface area (Å²) in [6.07, 6.45) is 5.62. The van der Waals surface area contributed by atoms with Crippen LogP contribution in [0.3, 0.4) is 0 Å². The molecule has 0 spiro atoms. The minimum absolute atomic E-state index is 0.0833. The van der Waals surface area contributed by atoms with Crippen LogP contribution in [0.2, 0.25) is 0 Å². The first-order valence-electron chi connectivity index (χ1n) is 4.30. The van der Waals surface area contributed by atoms with Crippen molar-refractivity contribution in [3.8, 4) is 0 Å². The van der Waals surface area contributed by atoms with E-state index in [1.807, 2.05) is 32.2 Å². The average Bonchev–Trinajstić information content (AvgIpc) is 2.28. The van der Waals surface area contributed by atoms with E-state index in [4.69, 9.17) is 0 Å². The minimum Gasteiger partial charge on any atom is -0.355 e. The monoisotopic (exact) mass is 178 g/mol. The number of hydrogen-bond acceptors (Lipinski definition) is 2. The van der Waals surface area contributed by atoms with Crippen molar-refractivity contribution in [1.82, 2.24) is 5.32 Å². The van der Waals surface area contributed by atoms with Crippen LogP contribution in [0, 0.1) is 5.92 Å². The summed E-state index contributed by atoms with van der Waals surface area (Å²) in [5.74, 6) is 0.206. The molecular weight excluding hydrogens is 164 g/mol. The van der Waals surface area contributed by atoms with Crippen molar-refractivity contribution in [3.05, 3.63) is 23.4 Å². The van der Waals surface area contributed by atoms with E-state index in [0.29, 0.717) is 5.57 Å². The fourth-order valence-electron chi connectivity index (χ4n) is 1.09. The largest absolute Gasteiger partial charge is 0.355 e. The van der Waals surface area contributed by atoms with Crippen molar-refractivity contribution >= 4 is 12.1 Å². The first kappa shape index (κ1) is 9.71. The number of aliphatic imine (C=N–C) groups is 1. The van der Waals surface area contributed by atoms with E-state index in [-0.39, 0.29) is 11.8 Å². The molecule has 0 saturated heterocycles. The van der Waals surface area contributed by atoms with Crippen molar-refractivity contribution in [1.29, 1.82) is 0 Å². The fraction of sp³-hybridized carbons (Fsp3) is 0.400. The molecule has 70 valence electrons. The maximum Gasteiger partial charge on any atom is 0.252 e. The number of carbonyl (C=O) groups is 1. The Kier molecular flexibility index (Phi) is 3.01. The van der Waals surface area contributed by atoms with E-state index >= 15 is 0 Å². The molecule has 3 heteroatoms. The van der Waals surface area contributed by atoms with Gasteiger partial charge >= 0.3 is 0 Å². The Hall–Kier alpha value is -1.38. The molecule has 1 N–H and O–H groups in total. The molecule has 1 heterocycles. The molecule has 1 amide bonds. The van der Waals surface area contributed by atoms with Gasteiger partial charge in [0.2, 0.25) is 0 Å². The van der Waals surface area contributed by atoms with Crippen LogP contribution in [0.1, 0.15) is 13.8 Å². The van der Waals surface area contributed by atoms with Gasteiger partial charge in [0.05, 0.1) is 5.57 Å². The summed E-state index contributed by atoms with van der Waals surface area (Å²) in [5, 5.41) is 2.59. The second kappa shape index (κ2) is 4.03. The van der Waals surface area contributed by atoms with Gasteiger partial charge in [0.1, 0.15) is 0 Å². The lowest BCUT2D eigenvalue weighted by molar-refractivity contribution is -0.116. The van der Waals surface area contributed by atoms with E-state index in [1.54, 1.807) is 7.05 Å². The predicted octanol–water partition coefficient (Wildman–Crippen LogP) is 1.28. The molecule has 0 aliphatic carbocycles. The Morgan fingerprint density at radius 1 is 1.62 bits per heavy atom. The first-order chi connectivity index (χ1) is 6.15. The summed E-state index contributed by atoms with van der Waals surface area (Å²) in [7, 11) is 1.62. The van der Waals surface area contributed by atoms with Gasteiger partial charge in [0.15, 0.2) is 0 Å². The third kappa shape index (κ3) is 2.28. The standard InChI is InChI=1S/C10H14N2O/c1-7-4-5-9(10(13)11-3)8(2)12-6-7/h4-7H,1-3H3,(H,11,13). The van der Waals surface area contributed by atoms with Crippen molar-refractivity contribution < 1.29 is 4.79 Å². The second-order valence-corrected chi connectivity index (χ2v) is 3.07. The third-order valence-corrected chi connectivity index (χ3v) is 1.93. The highest BCUT2D eigenvalue weighted by atomic mass is 16.1. The highest BCUT2D eigenvalue weighted by Crippen LogP contribution is 2.12. The smallest absolute Gasteiger partial charge is 0.252 e. The molecule has 0 radical (unpaired) electrons. The van der Waals surface area contributed by atoms with Gasteiger partial charge in [-0.05, 0) is 6.92 Å². The van der Waals surface area contributed by atoms with Crippen molar-refractivity contribution in [3.63, 3.8) is 0 Å². The SMILES string of the molecule is CNC(=O)C1=C(C)N=CC(C)C=C1. The number of hydrogen-bond donors (Lipinski definition) is 1. The lowest BCUT2D eigenvalue weighted by Gasteiger charge is -2.00. The van der Waals surface area contributed by atoms with Crippen LogP contribution in [0.4, 0.5) is 0 Å². The minimum atomic E-state index is -0.0833. The average molecular weight is 178 g/mol. The zero-order chi connectivity index (χ0) is 9.84. The summed E-state index contributed by atoms with van der Waals surface area (Å²) in [6.45, 7) is 3.86. The van der Waals surface area contributed by atoms with Crippen LogP contribution in [0.15, 0.2) is 28.4 Å². The summed E-state index contributed by atoms with van der Waals surface area (Å²) in [5.41, 5.74) is 1.41. The number of carbonyl (C=O) groups excluding carboxylic acids is 1. The van der Waals surface area contributed by atoms with Gasteiger partial charge in [-0.25, -0.2) is 0 Å². The molecule has 0 fully saturated rings. The van der Waals surface area contributed by atoms with Crippen LogP contribution < -0.4 is 5.32 Å². The van der Waals surface area contributed by atoms with Crippen LogP contribution >= 0.6 is 0 Å². The van der Waals surface area contributed by atoms with Gasteiger partial charge in [0, 0.05) is 24.9 Å². The Balaban J connectivity index is 3.00. The van der Waals surface area contributed by atoms with Crippen molar-refractivity contribution in [2.24, 2.45) is 10.9 Å². The maximum atomic E-state index is 11.3. The topological polar surface area (TPSA) is 41.5 Å². The molecule has 0 aromatic heterocycles. The third-order valence-electron chi connectivity index (χ3n) is 1.93. The quantitative estimate of drug-likeness (QED) is 0.645. The molecule has 1 aliphatic rings. The predicted molar refractivity (Wildman–Crippen MR) is 53.6 cm³/mol. The van der Waals surface area contributed by atoms with Gasteiger partial charge in [-0.2, -0.15) is 0 Å². The van der Waals surface area contributed by atoms with Crippen molar-refractivity contribution in [2.45, 2.75) is 13.8 Å². The summed E-state index contributed by atoms with van der Waals surface area (Å²) in [6, 6.07) is 0. The maximum absolute atomic E-state index is 11.3. The van der Waals surface area contributed by atoms with E-state index in [0.717, 1.165) is 5.70 Å². The molecule has 0 saturated carbocycles. The van der Waals surface area contributed by atoms with E-state index in [2.05, 4.69) is 10.3 Å². The molecular formula is C10H14N2O. The Bertz CT molecular complexity index is 300. The van der Waals surface area contributed by atoms with Gasteiger partial charge in [0.25, 0.3) is 5.91 Å². The zero-order valence-corrected chi connectivity index (χ0v) is 8.16. The van der Waals surface area contributed by atoms with E-state index < -0.39 is 0 Å². The highest BCUT2D eigenvalue weighted by molar-refractivity contribution is 5.97. The molecule has 13 heavy (non-hydrogen) atoms. The number of nitrogens with one attached hydrogen (secondary N) is 1. The summed E-state index contributed by atoms with van der Waals surface area (Å²) >= 11 is 0. The lowest BCUT2D eigenvalue weighted by Crippen LogP contribution is -2.19. The zero-order valence-electron chi connectivity index (χ0n) is 8.16. The molecule has 1 rings (SSSR count). The normalized spacial score (nSPS) is 21.6. The molecule has 1 aliphatic heterocycles. The summed E-state index contributed by atoms with van der Waals surface area (Å²) < 4.78 is 0. The number of nitrogens with zero attached hydrogens (tertiary/aromatic N) is 1. The van der Waals surface area contributed by atoms with Gasteiger partial charge in [-0.15, -0.1) is 0 Å². The summed E-state index contributed by atoms with van der Waals surface area (Å²) in [4.78, 5) is 15.5. The molecule has 1 atom stereocenters. The number of amides is 1. The van der Waals surface area contributed by atoms with Gasteiger partial charge < -0.3 is 5.32 Å².